The molecule has 1 unspecified atom stereocenters. The van der Waals surface area contributed by atoms with Gasteiger partial charge in [-0.3, -0.25) is 9.59 Å². The fraction of sp³-hybridized carbons (Fsp3) is 0.643. The molecule has 2 heterocycles. The quantitative estimate of drug-likeness (QED) is 0.805. The van der Waals surface area contributed by atoms with E-state index in [4.69, 9.17) is 0 Å². The zero-order chi connectivity index (χ0) is 14.4. The normalized spacial score (nSPS) is 18.1. The Kier molecular flexibility index (Phi) is 5.29. The van der Waals surface area contributed by atoms with Crippen molar-refractivity contribution in [2.45, 2.75) is 38.6 Å². The van der Waals surface area contributed by atoms with Gasteiger partial charge >= 0.3 is 0 Å². The van der Waals surface area contributed by atoms with Gasteiger partial charge in [-0.2, -0.15) is 0 Å². The highest BCUT2D eigenvalue weighted by atomic mass is 16.2. The number of carbonyl (C=O) groups excluding carboxylic acids is 1. The minimum absolute atomic E-state index is 0.108. The van der Waals surface area contributed by atoms with Gasteiger partial charge in [-0.1, -0.05) is 13.3 Å². The third-order valence-corrected chi connectivity index (χ3v) is 3.56. The van der Waals surface area contributed by atoms with Crippen LogP contribution in [0.15, 0.2) is 17.2 Å². The van der Waals surface area contributed by atoms with E-state index >= 15 is 0 Å². The lowest BCUT2D eigenvalue weighted by Gasteiger charge is -2.25. The minimum Gasteiger partial charge on any atom is -0.336 e. The second kappa shape index (κ2) is 7.19. The van der Waals surface area contributed by atoms with Crippen LogP contribution in [-0.2, 0) is 0 Å². The van der Waals surface area contributed by atoms with Crippen LogP contribution in [-0.4, -0.2) is 46.5 Å². The molecule has 20 heavy (non-hydrogen) atoms. The van der Waals surface area contributed by atoms with Crippen molar-refractivity contribution < 1.29 is 4.79 Å². The maximum Gasteiger partial charge on any atom is 0.274 e. The Morgan fingerprint density at radius 1 is 1.55 bits per heavy atom. The van der Waals surface area contributed by atoms with Crippen LogP contribution in [0.25, 0.3) is 0 Å². The van der Waals surface area contributed by atoms with E-state index in [1.165, 1.54) is 6.20 Å². The summed E-state index contributed by atoms with van der Waals surface area (Å²) >= 11 is 0. The highest BCUT2D eigenvalue weighted by Crippen LogP contribution is 2.10. The maximum absolute atomic E-state index is 12.5. The molecule has 1 aliphatic rings. The van der Waals surface area contributed by atoms with Crippen LogP contribution in [0.1, 0.15) is 43.1 Å². The molecule has 2 rings (SSSR count). The number of amides is 1. The van der Waals surface area contributed by atoms with Gasteiger partial charge < -0.3 is 15.2 Å². The molecule has 0 bridgehead atoms. The summed E-state index contributed by atoms with van der Waals surface area (Å²) < 4.78 is 0. The lowest BCUT2D eigenvalue weighted by Crippen LogP contribution is -2.42. The van der Waals surface area contributed by atoms with Crippen molar-refractivity contribution in [3.05, 3.63) is 28.4 Å². The molecule has 0 aromatic carbocycles. The highest BCUT2D eigenvalue weighted by Gasteiger charge is 2.22. The number of nitrogens with zero attached hydrogens (tertiary/aromatic N) is 2. The molecule has 1 aliphatic heterocycles. The highest BCUT2D eigenvalue weighted by molar-refractivity contribution is 5.91. The molecule has 0 saturated carbocycles. The molecule has 6 nitrogen and oxygen atoms in total. The number of unbranched alkanes of at least 4 members (excludes halogenated alkanes) is 1. The van der Waals surface area contributed by atoms with Crippen LogP contribution >= 0.6 is 0 Å². The van der Waals surface area contributed by atoms with E-state index in [9.17, 15) is 9.59 Å². The molecular weight excluding hydrogens is 256 g/mol. The Hall–Kier alpha value is -1.69. The van der Waals surface area contributed by atoms with Gasteiger partial charge in [0, 0.05) is 25.3 Å². The molecule has 0 spiro atoms. The SMILES string of the molecule is CCCCN(CC1CCCN1)C(=O)c1c[nH]c(=O)cn1. The van der Waals surface area contributed by atoms with Gasteiger partial charge in [0.05, 0.1) is 6.20 Å². The summed E-state index contributed by atoms with van der Waals surface area (Å²) in [5.74, 6) is -0.108. The Morgan fingerprint density at radius 3 is 3.00 bits per heavy atom. The van der Waals surface area contributed by atoms with Gasteiger partial charge in [-0.05, 0) is 25.8 Å². The summed E-state index contributed by atoms with van der Waals surface area (Å²) in [5, 5.41) is 3.41. The second-order valence-corrected chi connectivity index (χ2v) is 5.19. The van der Waals surface area contributed by atoms with Crippen molar-refractivity contribution in [2.24, 2.45) is 0 Å². The van der Waals surface area contributed by atoms with E-state index in [-0.39, 0.29) is 11.5 Å². The van der Waals surface area contributed by atoms with Crippen molar-refractivity contribution in [3.8, 4) is 0 Å². The summed E-state index contributed by atoms with van der Waals surface area (Å²) in [6.45, 7) is 4.57. The fourth-order valence-corrected chi connectivity index (χ4v) is 2.42. The van der Waals surface area contributed by atoms with Crippen molar-refractivity contribution >= 4 is 5.91 Å². The molecule has 6 heteroatoms. The number of nitrogens with one attached hydrogen (secondary N) is 2. The van der Waals surface area contributed by atoms with Crippen molar-refractivity contribution in [1.82, 2.24) is 20.2 Å². The number of aromatic nitrogens is 2. The van der Waals surface area contributed by atoms with E-state index < -0.39 is 0 Å². The molecule has 1 saturated heterocycles. The molecule has 1 fully saturated rings. The first-order chi connectivity index (χ1) is 9.70. The van der Waals surface area contributed by atoms with Gasteiger partial charge in [0.25, 0.3) is 11.5 Å². The molecule has 1 atom stereocenters. The fourth-order valence-electron chi connectivity index (χ4n) is 2.42. The predicted octanol–water partition coefficient (Wildman–Crippen LogP) is 0.764. The predicted molar refractivity (Wildman–Crippen MR) is 76.7 cm³/mol. The molecule has 1 aromatic rings. The van der Waals surface area contributed by atoms with Crippen molar-refractivity contribution in [2.75, 3.05) is 19.6 Å². The van der Waals surface area contributed by atoms with Crippen LogP contribution in [0.5, 0.6) is 0 Å². The lowest BCUT2D eigenvalue weighted by molar-refractivity contribution is 0.0733. The van der Waals surface area contributed by atoms with Gasteiger partial charge in [0.15, 0.2) is 0 Å². The number of aromatic amines is 1. The smallest absolute Gasteiger partial charge is 0.274 e. The third-order valence-electron chi connectivity index (χ3n) is 3.56. The number of hydrogen-bond acceptors (Lipinski definition) is 4. The largest absolute Gasteiger partial charge is 0.336 e. The van der Waals surface area contributed by atoms with Gasteiger partial charge in [0.1, 0.15) is 5.69 Å². The maximum atomic E-state index is 12.5. The van der Waals surface area contributed by atoms with E-state index in [2.05, 4.69) is 22.2 Å². The lowest BCUT2D eigenvalue weighted by atomic mass is 10.2. The monoisotopic (exact) mass is 278 g/mol. The van der Waals surface area contributed by atoms with Crippen LogP contribution in [0, 0.1) is 0 Å². The van der Waals surface area contributed by atoms with Crippen LogP contribution in [0.3, 0.4) is 0 Å². The van der Waals surface area contributed by atoms with Crippen LogP contribution in [0.4, 0.5) is 0 Å². The number of H-pyrrole nitrogens is 1. The van der Waals surface area contributed by atoms with E-state index in [1.807, 2.05) is 4.90 Å². The van der Waals surface area contributed by atoms with E-state index in [0.29, 0.717) is 18.3 Å². The third kappa shape index (κ3) is 3.90. The minimum atomic E-state index is -0.292. The number of carbonyl (C=O) groups is 1. The second-order valence-electron chi connectivity index (χ2n) is 5.19. The number of hydrogen-bond donors (Lipinski definition) is 2. The molecule has 0 aliphatic carbocycles. The van der Waals surface area contributed by atoms with Crippen LogP contribution < -0.4 is 10.9 Å². The van der Waals surface area contributed by atoms with Gasteiger partial charge in [0.2, 0.25) is 0 Å². The average Bonchev–Trinajstić information content (AvgIpc) is 2.96. The molecule has 1 aromatic heterocycles. The summed E-state index contributed by atoms with van der Waals surface area (Å²) in [6, 6.07) is 0.374. The molecule has 2 N–H and O–H groups in total. The Bertz CT molecular complexity index is 474. The average molecular weight is 278 g/mol. The van der Waals surface area contributed by atoms with Crippen molar-refractivity contribution in [3.63, 3.8) is 0 Å². The Morgan fingerprint density at radius 2 is 2.40 bits per heavy atom. The zero-order valence-electron chi connectivity index (χ0n) is 11.9. The molecule has 110 valence electrons. The summed E-state index contributed by atoms with van der Waals surface area (Å²) in [7, 11) is 0. The number of rotatable bonds is 6. The zero-order valence-corrected chi connectivity index (χ0v) is 11.9. The molecule has 1 amide bonds. The van der Waals surface area contributed by atoms with Gasteiger partial charge in [-0.15, -0.1) is 0 Å². The van der Waals surface area contributed by atoms with E-state index in [0.717, 1.165) is 45.0 Å². The van der Waals surface area contributed by atoms with E-state index in [1.54, 1.807) is 0 Å². The Balaban J connectivity index is 2.05. The van der Waals surface area contributed by atoms with Gasteiger partial charge in [-0.25, -0.2) is 4.98 Å². The Labute approximate surface area is 118 Å². The molecule has 0 radical (unpaired) electrons. The standard InChI is InChI=1S/C14H22N4O2/c1-2-3-7-18(10-11-5-4-6-15-11)14(20)12-8-17-13(19)9-16-12/h8-9,11,15H,2-7,10H2,1H3,(H,17,19). The first-order valence-corrected chi connectivity index (χ1v) is 7.28. The topological polar surface area (TPSA) is 78.1 Å². The summed E-state index contributed by atoms with van der Waals surface area (Å²) in [5.41, 5.74) is 0.0119. The summed E-state index contributed by atoms with van der Waals surface area (Å²) in [4.78, 5) is 31.7. The van der Waals surface area contributed by atoms with Crippen LogP contribution in [0.2, 0.25) is 0 Å². The first kappa shape index (κ1) is 14.7. The summed E-state index contributed by atoms with van der Waals surface area (Å²) in [6.07, 6.45) is 6.83. The molecular formula is C14H22N4O2. The van der Waals surface area contributed by atoms with Crippen molar-refractivity contribution in [1.29, 1.82) is 0 Å². The first-order valence-electron chi connectivity index (χ1n) is 7.28.